The van der Waals surface area contributed by atoms with Gasteiger partial charge in [-0.2, -0.15) is 0 Å². The van der Waals surface area contributed by atoms with Gasteiger partial charge in [-0.25, -0.2) is 0 Å². The first-order chi connectivity index (χ1) is 8.22. The second-order valence-electron chi connectivity index (χ2n) is 4.04. The van der Waals surface area contributed by atoms with Crippen LogP contribution in [0.4, 0.5) is 0 Å². The summed E-state index contributed by atoms with van der Waals surface area (Å²) in [6, 6.07) is 13.2. The normalized spacial score (nSPS) is 12.1. The number of nitrogens with zero attached hydrogens (tertiary/aromatic N) is 1. The van der Waals surface area contributed by atoms with E-state index in [1.165, 1.54) is 0 Å². The molecule has 0 unspecified atom stereocenters. The first kappa shape index (κ1) is 11.4. The Hall–Kier alpha value is -2.09. The van der Waals surface area contributed by atoms with Crippen molar-refractivity contribution in [3.8, 4) is 0 Å². The SMILES string of the molecule is C=C[C@@H](c1ccccc1)n1cc(C)ccc1=O. The minimum atomic E-state index is -0.108. The fourth-order valence-electron chi connectivity index (χ4n) is 1.89. The Kier molecular flexibility index (Phi) is 3.24. The van der Waals surface area contributed by atoms with Gasteiger partial charge in [0.25, 0.3) is 5.56 Å². The standard InChI is InChI=1S/C15H15NO/c1-3-14(13-7-5-4-6-8-13)16-11-12(2)9-10-15(16)17/h3-11,14H,1H2,2H3/t14-/m0/s1. The highest BCUT2D eigenvalue weighted by Crippen LogP contribution is 2.17. The van der Waals surface area contributed by atoms with Crippen molar-refractivity contribution in [2.24, 2.45) is 0 Å². The van der Waals surface area contributed by atoms with Gasteiger partial charge in [0.15, 0.2) is 0 Å². The van der Waals surface area contributed by atoms with Crippen LogP contribution in [0.5, 0.6) is 0 Å². The van der Waals surface area contributed by atoms with Gasteiger partial charge in [0.2, 0.25) is 0 Å². The zero-order chi connectivity index (χ0) is 12.3. The maximum atomic E-state index is 11.9. The summed E-state index contributed by atoms with van der Waals surface area (Å²) in [5, 5.41) is 0. The molecule has 0 saturated carbocycles. The van der Waals surface area contributed by atoms with E-state index in [1.807, 2.05) is 49.5 Å². The van der Waals surface area contributed by atoms with Crippen LogP contribution in [0.3, 0.4) is 0 Å². The zero-order valence-corrected chi connectivity index (χ0v) is 9.84. The zero-order valence-electron chi connectivity index (χ0n) is 9.84. The molecule has 0 aliphatic heterocycles. The number of allylic oxidation sites excluding steroid dienone is 1. The summed E-state index contributed by atoms with van der Waals surface area (Å²) in [6.45, 7) is 5.80. The second kappa shape index (κ2) is 4.83. The van der Waals surface area contributed by atoms with Crippen molar-refractivity contribution in [1.29, 1.82) is 0 Å². The summed E-state index contributed by atoms with van der Waals surface area (Å²) >= 11 is 0. The van der Waals surface area contributed by atoms with E-state index in [-0.39, 0.29) is 11.6 Å². The van der Waals surface area contributed by atoms with Gasteiger partial charge >= 0.3 is 0 Å². The molecular formula is C15H15NO. The van der Waals surface area contributed by atoms with Gasteiger partial charge in [0, 0.05) is 12.3 Å². The highest BCUT2D eigenvalue weighted by molar-refractivity contribution is 5.24. The molecule has 0 aliphatic rings. The predicted octanol–water partition coefficient (Wildman–Crippen LogP) is 2.93. The lowest BCUT2D eigenvalue weighted by Gasteiger charge is -2.16. The number of rotatable bonds is 3. The molecule has 2 nitrogen and oxygen atoms in total. The van der Waals surface area contributed by atoms with Crippen LogP contribution in [0.2, 0.25) is 0 Å². The summed E-state index contributed by atoms with van der Waals surface area (Å²) in [7, 11) is 0. The van der Waals surface area contributed by atoms with Crippen molar-refractivity contribution >= 4 is 0 Å². The molecule has 0 N–H and O–H groups in total. The molecule has 0 bridgehead atoms. The predicted molar refractivity (Wildman–Crippen MR) is 70.2 cm³/mol. The van der Waals surface area contributed by atoms with Crippen LogP contribution in [0.1, 0.15) is 17.2 Å². The van der Waals surface area contributed by atoms with Crippen LogP contribution >= 0.6 is 0 Å². The van der Waals surface area contributed by atoms with Gasteiger partial charge in [-0.05, 0) is 18.1 Å². The van der Waals surface area contributed by atoms with E-state index in [9.17, 15) is 4.79 Å². The highest BCUT2D eigenvalue weighted by Gasteiger charge is 2.10. The molecule has 0 aliphatic carbocycles. The van der Waals surface area contributed by atoms with E-state index in [4.69, 9.17) is 0 Å². The lowest BCUT2D eigenvalue weighted by molar-refractivity contribution is 0.668. The Balaban J connectivity index is 2.53. The van der Waals surface area contributed by atoms with Crippen LogP contribution in [0.15, 0.2) is 66.1 Å². The number of hydrogen-bond acceptors (Lipinski definition) is 1. The summed E-state index contributed by atoms with van der Waals surface area (Å²) < 4.78 is 1.71. The molecule has 0 spiro atoms. The van der Waals surface area contributed by atoms with Gasteiger partial charge in [-0.3, -0.25) is 4.79 Å². The lowest BCUT2D eigenvalue weighted by Crippen LogP contribution is -2.23. The lowest BCUT2D eigenvalue weighted by atomic mass is 10.1. The molecule has 0 saturated heterocycles. The molecule has 1 atom stereocenters. The van der Waals surface area contributed by atoms with Crippen molar-refractivity contribution in [1.82, 2.24) is 4.57 Å². The van der Waals surface area contributed by atoms with Crippen molar-refractivity contribution in [2.75, 3.05) is 0 Å². The Labute approximate surface area is 101 Å². The second-order valence-corrected chi connectivity index (χ2v) is 4.04. The van der Waals surface area contributed by atoms with Crippen molar-refractivity contribution in [2.45, 2.75) is 13.0 Å². The van der Waals surface area contributed by atoms with Crippen molar-refractivity contribution in [3.05, 3.63) is 82.8 Å². The number of benzene rings is 1. The molecule has 2 heteroatoms. The summed E-state index contributed by atoms with van der Waals surface area (Å²) in [4.78, 5) is 11.9. The Morgan fingerprint density at radius 2 is 1.88 bits per heavy atom. The average molecular weight is 225 g/mol. The maximum Gasteiger partial charge on any atom is 0.251 e. The molecule has 0 amide bonds. The van der Waals surface area contributed by atoms with Gasteiger partial charge < -0.3 is 4.57 Å². The van der Waals surface area contributed by atoms with Crippen LogP contribution in [0.25, 0.3) is 0 Å². The van der Waals surface area contributed by atoms with E-state index < -0.39 is 0 Å². The third-order valence-electron chi connectivity index (χ3n) is 2.75. The van der Waals surface area contributed by atoms with Gasteiger partial charge in [-0.1, -0.05) is 42.5 Å². The number of aryl methyl sites for hydroxylation is 1. The molecule has 2 rings (SSSR count). The monoisotopic (exact) mass is 225 g/mol. The van der Waals surface area contributed by atoms with E-state index in [0.717, 1.165) is 11.1 Å². The minimum absolute atomic E-state index is 0.00986. The molecular weight excluding hydrogens is 210 g/mol. The van der Waals surface area contributed by atoms with Crippen LogP contribution in [-0.2, 0) is 0 Å². The van der Waals surface area contributed by atoms with E-state index in [1.54, 1.807) is 16.7 Å². The number of pyridine rings is 1. The van der Waals surface area contributed by atoms with Crippen LogP contribution in [0, 0.1) is 6.92 Å². The molecule has 86 valence electrons. The molecule has 2 aromatic rings. The smallest absolute Gasteiger partial charge is 0.251 e. The van der Waals surface area contributed by atoms with Gasteiger partial charge in [-0.15, -0.1) is 6.58 Å². The summed E-state index contributed by atoms with van der Waals surface area (Å²) in [6.07, 6.45) is 3.65. The fraction of sp³-hybridized carbons (Fsp3) is 0.133. The molecule has 0 fully saturated rings. The minimum Gasteiger partial charge on any atom is -0.304 e. The quantitative estimate of drug-likeness (QED) is 0.736. The number of hydrogen-bond donors (Lipinski definition) is 0. The summed E-state index contributed by atoms with van der Waals surface area (Å²) in [5.41, 5.74) is 2.12. The molecule has 1 aromatic carbocycles. The largest absolute Gasteiger partial charge is 0.304 e. The van der Waals surface area contributed by atoms with E-state index in [2.05, 4.69) is 6.58 Å². The fourth-order valence-corrected chi connectivity index (χ4v) is 1.89. The average Bonchev–Trinajstić information content (AvgIpc) is 2.36. The number of aromatic nitrogens is 1. The third-order valence-corrected chi connectivity index (χ3v) is 2.75. The van der Waals surface area contributed by atoms with E-state index in [0.29, 0.717) is 0 Å². The summed E-state index contributed by atoms with van der Waals surface area (Å²) in [5.74, 6) is 0. The Morgan fingerprint density at radius 3 is 2.53 bits per heavy atom. The van der Waals surface area contributed by atoms with Gasteiger partial charge in [0.1, 0.15) is 0 Å². The Bertz CT molecular complexity index is 569. The molecule has 17 heavy (non-hydrogen) atoms. The van der Waals surface area contributed by atoms with Gasteiger partial charge in [0.05, 0.1) is 6.04 Å². The first-order valence-electron chi connectivity index (χ1n) is 5.58. The maximum absolute atomic E-state index is 11.9. The first-order valence-corrected chi connectivity index (χ1v) is 5.58. The van der Waals surface area contributed by atoms with Crippen molar-refractivity contribution < 1.29 is 0 Å². The molecule has 1 heterocycles. The third kappa shape index (κ3) is 2.36. The molecule has 1 aromatic heterocycles. The highest BCUT2D eigenvalue weighted by atomic mass is 16.1. The van der Waals surface area contributed by atoms with E-state index >= 15 is 0 Å². The molecule has 0 radical (unpaired) electrons. The van der Waals surface area contributed by atoms with Crippen LogP contribution in [-0.4, -0.2) is 4.57 Å². The Morgan fingerprint density at radius 1 is 1.18 bits per heavy atom. The van der Waals surface area contributed by atoms with Crippen LogP contribution < -0.4 is 5.56 Å². The topological polar surface area (TPSA) is 22.0 Å². The van der Waals surface area contributed by atoms with Crippen molar-refractivity contribution in [3.63, 3.8) is 0 Å².